The van der Waals surface area contributed by atoms with Gasteiger partial charge >= 0.3 is 0 Å². The van der Waals surface area contributed by atoms with Crippen LogP contribution in [0.2, 0.25) is 0 Å². The van der Waals surface area contributed by atoms with E-state index in [4.69, 9.17) is 0 Å². The van der Waals surface area contributed by atoms with E-state index in [1.54, 1.807) is 0 Å². The molecule has 1 fully saturated rings. The predicted molar refractivity (Wildman–Crippen MR) is 86.0 cm³/mol. The average molecular weight is 288 g/mol. The number of hydrogen-bond acceptors (Lipinski definition) is 2. The number of fused-ring (bicyclic) bond motifs is 1. The molecule has 0 spiro atoms. The summed E-state index contributed by atoms with van der Waals surface area (Å²) in [4.78, 5) is 24.1. The molecule has 0 aromatic heterocycles. The number of Topliss-reactive ketones (excluding diaryl/α,β-unsaturated/α-hetero) is 2. The highest BCUT2D eigenvalue weighted by molar-refractivity contribution is 5.96. The maximum Gasteiger partial charge on any atom is 0.162 e. The van der Waals surface area contributed by atoms with Gasteiger partial charge < -0.3 is 0 Å². The van der Waals surface area contributed by atoms with Crippen molar-refractivity contribution in [2.24, 2.45) is 17.3 Å². The van der Waals surface area contributed by atoms with Gasteiger partial charge in [-0.25, -0.2) is 0 Å². The van der Waals surface area contributed by atoms with E-state index in [-0.39, 0.29) is 5.78 Å². The second-order valence-electron chi connectivity index (χ2n) is 7.44. The first kappa shape index (κ1) is 16.2. The lowest BCUT2D eigenvalue weighted by Gasteiger charge is -2.04. The van der Waals surface area contributed by atoms with Crippen LogP contribution in [-0.2, 0) is 9.59 Å². The first-order valence-electron chi connectivity index (χ1n) is 8.21. The van der Waals surface area contributed by atoms with Crippen molar-refractivity contribution in [2.45, 2.75) is 66.2 Å². The molecule has 0 aromatic carbocycles. The number of allylic oxidation sites excluding steroid dienone is 4. The number of hydrogen-bond donors (Lipinski definition) is 0. The van der Waals surface area contributed by atoms with Gasteiger partial charge in [-0.05, 0) is 49.5 Å². The first-order chi connectivity index (χ1) is 9.82. The molecule has 21 heavy (non-hydrogen) atoms. The van der Waals surface area contributed by atoms with Crippen molar-refractivity contribution in [3.05, 3.63) is 23.3 Å². The van der Waals surface area contributed by atoms with Crippen LogP contribution in [0, 0.1) is 17.3 Å². The third-order valence-corrected chi connectivity index (χ3v) is 5.34. The quantitative estimate of drug-likeness (QED) is 0.608. The van der Waals surface area contributed by atoms with Gasteiger partial charge in [0.15, 0.2) is 5.78 Å². The van der Waals surface area contributed by atoms with Gasteiger partial charge in [0.05, 0.1) is 0 Å². The van der Waals surface area contributed by atoms with Crippen LogP contribution in [0.4, 0.5) is 0 Å². The van der Waals surface area contributed by atoms with Gasteiger partial charge in [0.1, 0.15) is 5.78 Å². The Morgan fingerprint density at radius 1 is 1.14 bits per heavy atom. The number of rotatable bonds is 0. The fourth-order valence-corrected chi connectivity index (χ4v) is 3.62. The molecule has 0 bridgehead atoms. The van der Waals surface area contributed by atoms with Crippen molar-refractivity contribution in [3.8, 4) is 0 Å². The lowest BCUT2D eigenvalue weighted by molar-refractivity contribution is -0.118. The normalized spacial score (nSPS) is 30.9. The summed E-state index contributed by atoms with van der Waals surface area (Å²) >= 11 is 0. The van der Waals surface area contributed by atoms with Gasteiger partial charge in [-0.2, -0.15) is 0 Å². The fraction of sp³-hybridized carbons (Fsp3) is 0.684. The molecule has 2 atom stereocenters. The van der Waals surface area contributed by atoms with Crippen molar-refractivity contribution in [2.75, 3.05) is 0 Å². The van der Waals surface area contributed by atoms with Crippen molar-refractivity contribution in [1.82, 2.24) is 0 Å². The largest absolute Gasteiger partial charge is 0.299 e. The van der Waals surface area contributed by atoms with Crippen LogP contribution in [0.5, 0.6) is 0 Å². The highest BCUT2D eigenvalue weighted by Crippen LogP contribution is 2.61. The third-order valence-electron chi connectivity index (χ3n) is 5.34. The number of ketones is 2. The molecule has 0 aromatic rings. The summed E-state index contributed by atoms with van der Waals surface area (Å²) in [5, 5.41) is 0. The maximum absolute atomic E-state index is 12.2. The van der Waals surface area contributed by atoms with Gasteiger partial charge in [-0.3, -0.25) is 9.59 Å². The fourth-order valence-electron chi connectivity index (χ4n) is 3.62. The van der Waals surface area contributed by atoms with E-state index in [2.05, 4.69) is 19.9 Å². The molecule has 0 radical (unpaired) electrons. The van der Waals surface area contributed by atoms with E-state index in [0.29, 0.717) is 42.3 Å². The molecule has 2 aliphatic carbocycles. The zero-order valence-electron chi connectivity index (χ0n) is 13.9. The Bertz CT molecular complexity index is 494. The second kappa shape index (κ2) is 6.29. The van der Waals surface area contributed by atoms with Gasteiger partial charge in [0.25, 0.3) is 0 Å². The maximum atomic E-state index is 12.2. The Balaban J connectivity index is 2.14. The summed E-state index contributed by atoms with van der Waals surface area (Å²) in [5.74, 6) is 1.72. The molecule has 2 nitrogen and oxygen atoms in total. The topological polar surface area (TPSA) is 34.1 Å². The molecule has 0 unspecified atom stereocenters. The zero-order chi connectivity index (χ0) is 15.6. The van der Waals surface area contributed by atoms with Crippen LogP contribution >= 0.6 is 0 Å². The first-order valence-corrected chi connectivity index (χ1v) is 8.21. The van der Waals surface area contributed by atoms with Crippen LogP contribution < -0.4 is 0 Å². The van der Waals surface area contributed by atoms with E-state index in [1.807, 2.05) is 19.9 Å². The summed E-state index contributed by atoms with van der Waals surface area (Å²) in [7, 11) is 0. The van der Waals surface area contributed by atoms with Crippen molar-refractivity contribution in [3.63, 3.8) is 0 Å². The van der Waals surface area contributed by atoms with E-state index in [9.17, 15) is 9.59 Å². The Kier molecular flexibility index (Phi) is 4.85. The number of carbonyl (C=O) groups is 2. The Morgan fingerprint density at radius 3 is 2.57 bits per heavy atom. The molecule has 116 valence electrons. The monoisotopic (exact) mass is 288 g/mol. The Morgan fingerprint density at radius 2 is 1.86 bits per heavy atom. The summed E-state index contributed by atoms with van der Waals surface area (Å²) in [6, 6.07) is 0. The molecule has 0 N–H and O–H groups in total. The van der Waals surface area contributed by atoms with Crippen LogP contribution in [0.1, 0.15) is 66.2 Å². The van der Waals surface area contributed by atoms with Crippen molar-refractivity contribution < 1.29 is 9.59 Å². The second-order valence-corrected chi connectivity index (χ2v) is 7.44. The average Bonchev–Trinajstić information content (AvgIpc) is 2.91. The minimum absolute atomic E-state index is 0.195. The molecular formula is C19H28O2. The summed E-state index contributed by atoms with van der Waals surface area (Å²) < 4.78 is 0. The highest BCUT2D eigenvalue weighted by atomic mass is 16.1. The molecule has 1 saturated carbocycles. The standard InChI is InChI=1S/C19H28O2/c1-13-9-10-18(21)14(2)12-17-16(19(17,3)4)8-6-5-7-15(20)11-13/h9,12,16-17H,5-8,10-11H2,1-4H3/t16-,17-/m1/s1. The lowest BCUT2D eigenvalue weighted by atomic mass is 10.00. The molecule has 2 rings (SSSR count). The zero-order valence-corrected chi connectivity index (χ0v) is 13.9. The van der Waals surface area contributed by atoms with Gasteiger partial charge in [-0.15, -0.1) is 0 Å². The molecule has 2 heteroatoms. The highest BCUT2D eigenvalue weighted by Gasteiger charge is 2.55. The minimum atomic E-state index is 0.195. The number of carbonyl (C=O) groups excluding carboxylic acids is 2. The van der Waals surface area contributed by atoms with Crippen LogP contribution in [0.15, 0.2) is 23.3 Å². The smallest absolute Gasteiger partial charge is 0.162 e. The van der Waals surface area contributed by atoms with E-state index < -0.39 is 0 Å². The SMILES string of the molecule is CC1=CCC(=O)C(C)=C[C@@H]2[C@@H](CCCCC(=O)C1)C2(C)C. The van der Waals surface area contributed by atoms with Crippen molar-refractivity contribution >= 4 is 11.6 Å². The molecular weight excluding hydrogens is 260 g/mol. The summed E-state index contributed by atoms with van der Waals surface area (Å²) in [5.41, 5.74) is 2.24. The predicted octanol–water partition coefficient (Wildman–Crippen LogP) is 4.64. The summed E-state index contributed by atoms with van der Waals surface area (Å²) in [6.07, 6.45) is 9.06. The lowest BCUT2D eigenvalue weighted by Crippen LogP contribution is -2.02. The Labute approximate surface area is 128 Å². The van der Waals surface area contributed by atoms with Crippen molar-refractivity contribution in [1.29, 1.82) is 0 Å². The van der Waals surface area contributed by atoms with Crippen LogP contribution in [0.3, 0.4) is 0 Å². The van der Waals surface area contributed by atoms with Crippen LogP contribution in [-0.4, -0.2) is 11.6 Å². The van der Waals surface area contributed by atoms with E-state index >= 15 is 0 Å². The van der Waals surface area contributed by atoms with Gasteiger partial charge in [0.2, 0.25) is 0 Å². The molecule has 0 saturated heterocycles. The van der Waals surface area contributed by atoms with E-state index in [0.717, 1.165) is 24.0 Å². The van der Waals surface area contributed by atoms with Gasteiger partial charge in [0, 0.05) is 19.3 Å². The summed E-state index contributed by atoms with van der Waals surface area (Å²) in [6.45, 7) is 8.48. The molecule has 2 aliphatic rings. The van der Waals surface area contributed by atoms with Crippen LogP contribution in [0.25, 0.3) is 0 Å². The molecule has 0 heterocycles. The molecule has 0 aliphatic heterocycles. The molecule has 0 amide bonds. The third kappa shape index (κ3) is 3.93. The van der Waals surface area contributed by atoms with E-state index in [1.165, 1.54) is 6.42 Å². The minimum Gasteiger partial charge on any atom is -0.299 e. The Hall–Kier alpha value is -1.18. The van der Waals surface area contributed by atoms with Gasteiger partial charge in [-0.1, -0.05) is 38.0 Å².